The van der Waals surface area contributed by atoms with Gasteiger partial charge in [-0.1, -0.05) is 23.7 Å². The Morgan fingerprint density at radius 3 is 2.73 bits per heavy atom. The van der Waals surface area contributed by atoms with Gasteiger partial charge in [-0.15, -0.1) is 0 Å². The van der Waals surface area contributed by atoms with Gasteiger partial charge in [-0.05, 0) is 31.4 Å². The van der Waals surface area contributed by atoms with Crippen LogP contribution in [0.4, 0.5) is 0 Å². The van der Waals surface area contributed by atoms with E-state index in [1.165, 1.54) is 0 Å². The van der Waals surface area contributed by atoms with Crippen molar-refractivity contribution in [3.8, 4) is 0 Å². The molecular formula is C12H11ClO2. The average Bonchev–Trinajstić information content (AvgIpc) is 2.59. The molecule has 15 heavy (non-hydrogen) atoms. The van der Waals surface area contributed by atoms with E-state index in [4.69, 9.17) is 16.0 Å². The summed E-state index contributed by atoms with van der Waals surface area (Å²) in [6.45, 7) is 0. The quantitative estimate of drug-likeness (QED) is 0.802. The van der Waals surface area contributed by atoms with Crippen molar-refractivity contribution in [2.75, 3.05) is 0 Å². The minimum absolute atomic E-state index is 0.599. The van der Waals surface area contributed by atoms with E-state index in [1.54, 1.807) is 6.07 Å². The van der Waals surface area contributed by atoms with E-state index in [-0.39, 0.29) is 0 Å². The molecule has 2 aromatic rings. The van der Waals surface area contributed by atoms with Gasteiger partial charge in [0.15, 0.2) is 5.58 Å². The molecule has 1 aliphatic rings. The molecule has 1 aromatic carbocycles. The van der Waals surface area contributed by atoms with Crippen LogP contribution in [0.3, 0.4) is 0 Å². The maximum atomic E-state index is 10.1. The van der Waals surface area contributed by atoms with Crippen LogP contribution in [0.5, 0.6) is 0 Å². The molecule has 78 valence electrons. The molecule has 0 bridgehead atoms. The average molecular weight is 223 g/mol. The maximum absolute atomic E-state index is 10.1. The Bertz CT molecular complexity index is 511. The summed E-state index contributed by atoms with van der Waals surface area (Å²) >= 11 is 6.01. The number of furan rings is 1. The molecule has 1 aromatic heterocycles. The van der Waals surface area contributed by atoms with Crippen LogP contribution in [0.25, 0.3) is 11.0 Å². The van der Waals surface area contributed by atoms with Gasteiger partial charge in [0.1, 0.15) is 11.4 Å². The van der Waals surface area contributed by atoms with Crippen LogP contribution in [0.2, 0.25) is 5.02 Å². The van der Waals surface area contributed by atoms with Crippen molar-refractivity contribution in [2.24, 2.45) is 0 Å². The van der Waals surface area contributed by atoms with E-state index >= 15 is 0 Å². The minimum atomic E-state index is -0.748. The summed E-state index contributed by atoms with van der Waals surface area (Å²) in [4.78, 5) is 0. The van der Waals surface area contributed by atoms with Gasteiger partial charge < -0.3 is 9.52 Å². The van der Waals surface area contributed by atoms with E-state index in [9.17, 15) is 5.11 Å². The van der Waals surface area contributed by atoms with Gasteiger partial charge in [-0.3, -0.25) is 0 Å². The fourth-order valence-electron chi connectivity index (χ4n) is 2.01. The molecule has 0 spiro atoms. The Balaban J connectivity index is 2.18. The zero-order chi connectivity index (χ0) is 10.5. The Morgan fingerprint density at radius 2 is 2.13 bits per heavy atom. The molecular weight excluding hydrogens is 212 g/mol. The van der Waals surface area contributed by atoms with Crippen LogP contribution < -0.4 is 0 Å². The van der Waals surface area contributed by atoms with Gasteiger partial charge in [0, 0.05) is 5.39 Å². The highest BCUT2D eigenvalue weighted by atomic mass is 35.5. The summed E-state index contributed by atoms with van der Waals surface area (Å²) in [5, 5.41) is 11.7. The number of hydrogen-bond acceptors (Lipinski definition) is 2. The second-order valence-corrected chi connectivity index (χ2v) is 4.56. The Morgan fingerprint density at radius 1 is 1.33 bits per heavy atom. The molecule has 1 saturated carbocycles. The van der Waals surface area contributed by atoms with Crippen molar-refractivity contribution in [1.29, 1.82) is 0 Å². The first-order valence-electron chi connectivity index (χ1n) is 5.10. The van der Waals surface area contributed by atoms with Crippen LogP contribution in [0.15, 0.2) is 28.7 Å². The van der Waals surface area contributed by atoms with Crippen molar-refractivity contribution in [2.45, 2.75) is 24.9 Å². The SMILES string of the molecule is OC1(c2cc3cccc(Cl)c3o2)CCC1. The highest BCUT2D eigenvalue weighted by molar-refractivity contribution is 6.34. The zero-order valence-electron chi connectivity index (χ0n) is 8.16. The first kappa shape index (κ1) is 9.25. The molecule has 1 fully saturated rings. The normalized spacial score (nSPS) is 19.1. The fourth-order valence-corrected chi connectivity index (χ4v) is 2.24. The monoisotopic (exact) mass is 222 g/mol. The fraction of sp³-hybridized carbons (Fsp3) is 0.333. The number of fused-ring (bicyclic) bond motifs is 1. The molecule has 0 unspecified atom stereocenters. The zero-order valence-corrected chi connectivity index (χ0v) is 8.92. The van der Waals surface area contributed by atoms with Gasteiger partial charge >= 0.3 is 0 Å². The number of aliphatic hydroxyl groups is 1. The number of benzene rings is 1. The highest BCUT2D eigenvalue weighted by Crippen LogP contribution is 2.43. The number of para-hydroxylation sites is 1. The van der Waals surface area contributed by atoms with E-state index in [2.05, 4.69) is 0 Å². The summed E-state index contributed by atoms with van der Waals surface area (Å²) in [7, 11) is 0. The third kappa shape index (κ3) is 1.29. The van der Waals surface area contributed by atoms with Crippen LogP contribution in [0.1, 0.15) is 25.0 Å². The summed E-state index contributed by atoms with van der Waals surface area (Å²) in [6, 6.07) is 7.51. The van der Waals surface area contributed by atoms with E-state index in [0.717, 1.165) is 24.6 Å². The minimum Gasteiger partial charge on any atom is -0.456 e. The van der Waals surface area contributed by atoms with Gasteiger partial charge in [0.2, 0.25) is 0 Å². The summed E-state index contributed by atoms with van der Waals surface area (Å²) < 4.78 is 5.62. The standard InChI is InChI=1S/C12H11ClO2/c13-9-4-1-3-8-7-10(15-11(8)9)12(14)5-2-6-12/h1,3-4,7,14H,2,5-6H2. The van der Waals surface area contributed by atoms with E-state index in [0.29, 0.717) is 16.4 Å². The summed E-state index contributed by atoms with van der Waals surface area (Å²) in [6.07, 6.45) is 2.62. The topological polar surface area (TPSA) is 33.4 Å². The lowest BCUT2D eigenvalue weighted by atomic mass is 9.78. The lowest BCUT2D eigenvalue weighted by Crippen LogP contribution is -2.32. The Labute approximate surface area is 92.5 Å². The lowest BCUT2D eigenvalue weighted by Gasteiger charge is -2.34. The van der Waals surface area contributed by atoms with E-state index < -0.39 is 5.60 Å². The predicted octanol–water partition coefficient (Wildman–Crippen LogP) is 3.46. The number of hydrogen-bond donors (Lipinski definition) is 1. The molecule has 3 rings (SSSR count). The van der Waals surface area contributed by atoms with Gasteiger partial charge in [-0.25, -0.2) is 0 Å². The molecule has 0 radical (unpaired) electrons. The Kier molecular flexibility index (Phi) is 1.85. The van der Waals surface area contributed by atoms with Crippen molar-refractivity contribution < 1.29 is 9.52 Å². The third-order valence-corrected chi connectivity index (χ3v) is 3.43. The molecule has 0 saturated heterocycles. The van der Waals surface area contributed by atoms with Crippen LogP contribution in [-0.2, 0) is 5.60 Å². The predicted molar refractivity (Wildman–Crippen MR) is 59.0 cm³/mol. The second-order valence-electron chi connectivity index (χ2n) is 4.15. The van der Waals surface area contributed by atoms with Crippen molar-refractivity contribution in [3.63, 3.8) is 0 Å². The largest absolute Gasteiger partial charge is 0.456 e. The van der Waals surface area contributed by atoms with Gasteiger partial charge in [0.05, 0.1) is 5.02 Å². The second kappa shape index (κ2) is 3.00. The smallest absolute Gasteiger partial charge is 0.153 e. The Hall–Kier alpha value is -0.990. The first-order valence-corrected chi connectivity index (χ1v) is 5.48. The molecule has 0 amide bonds. The first-order chi connectivity index (χ1) is 7.19. The van der Waals surface area contributed by atoms with Crippen molar-refractivity contribution in [1.82, 2.24) is 0 Å². The highest BCUT2D eigenvalue weighted by Gasteiger charge is 2.39. The molecule has 1 aliphatic carbocycles. The van der Waals surface area contributed by atoms with Gasteiger partial charge in [0.25, 0.3) is 0 Å². The summed E-state index contributed by atoms with van der Waals surface area (Å²) in [5.41, 5.74) is -0.0722. The van der Waals surface area contributed by atoms with Crippen LogP contribution >= 0.6 is 11.6 Å². The molecule has 0 atom stereocenters. The van der Waals surface area contributed by atoms with Crippen LogP contribution in [-0.4, -0.2) is 5.11 Å². The van der Waals surface area contributed by atoms with Gasteiger partial charge in [-0.2, -0.15) is 0 Å². The van der Waals surface area contributed by atoms with Crippen LogP contribution in [0, 0.1) is 0 Å². The summed E-state index contributed by atoms with van der Waals surface area (Å²) in [5.74, 6) is 0.650. The molecule has 3 heteroatoms. The molecule has 1 N–H and O–H groups in total. The molecule has 0 aliphatic heterocycles. The molecule has 1 heterocycles. The molecule has 2 nitrogen and oxygen atoms in total. The number of halogens is 1. The van der Waals surface area contributed by atoms with Crippen molar-refractivity contribution in [3.05, 3.63) is 35.0 Å². The number of rotatable bonds is 1. The maximum Gasteiger partial charge on any atom is 0.153 e. The lowest BCUT2D eigenvalue weighted by molar-refractivity contribution is -0.0555. The van der Waals surface area contributed by atoms with Crippen molar-refractivity contribution >= 4 is 22.6 Å². The third-order valence-electron chi connectivity index (χ3n) is 3.14. The van der Waals surface area contributed by atoms with E-state index in [1.807, 2.05) is 18.2 Å².